The van der Waals surface area contributed by atoms with Gasteiger partial charge < -0.3 is 46.0 Å². The van der Waals surface area contributed by atoms with Crippen molar-refractivity contribution in [1.82, 2.24) is 40.4 Å². The molecule has 11 rings (SSSR count). The number of amides is 5. The smallest absolute Gasteiger partial charge is 0.410 e. The molecule has 2 saturated heterocycles. The van der Waals surface area contributed by atoms with Gasteiger partial charge in [-0.3, -0.25) is 38.7 Å². The summed E-state index contributed by atoms with van der Waals surface area (Å²) < 4.78 is 9.01. The first kappa shape index (κ1) is 59.1. The van der Waals surface area contributed by atoms with Crippen LogP contribution in [0.25, 0.3) is 0 Å². The third-order valence-corrected chi connectivity index (χ3v) is 17.5. The minimum Gasteiger partial charge on any atom is -0.445 e. The zero-order valence-electron chi connectivity index (χ0n) is 47.1. The maximum atomic E-state index is 13.8. The molecule has 2 saturated carbocycles. The normalized spacial score (nSPS) is 20.6. The molecule has 4 fully saturated rings. The van der Waals surface area contributed by atoms with Crippen LogP contribution in [0.5, 0.6) is 0 Å². The van der Waals surface area contributed by atoms with Gasteiger partial charge in [0.2, 0.25) is 23.6 Å². The third-order valence-electron chi connectivity index (χ3n) is 17.5. The Kier molecular flexibility index (Phi) is 19.8. The summed E-state index contributed by atoms with van der Waals surface area (Å²) in [6, 6.07) is 21.8. The van der Waals surface area contributed by atoms with E-state index >= 15 is 0 Å². The molecular weight excluding hydrogens is 1070 g/mol. The van der Waals surface area contributed by atoms with Gasteiger partial charge in [0.25, 0.3) is 5.69 Å². The number of benzene rings is 3. The molecule has 0 atom stereocenters. The molecule has 3 aromatic carbocycles. The van der Waals surface area contributed by atoms with Crippen LogP contribution in [0.3, 0.4) is 0 Å². The van der Waals surface area contributed by atoms with E-state index in [0.717, 1.165) is 142 Å². The maximum absolute atomic E-state index is 13.8. The molecule has 0 radical (unpaired) electrons. The number of rotatable bonds is 13. The first-order chi connectivity index (χ1) is 39.3. The zero-order valence-corrected chi connectivity index (χ0v) is 47.9. The molecule has 5 amide bonds. The Bertz CT molecular complexity index is 3030. The number of nitrogens with zero attached hydrogens (tertiary/aromatic N) is 8. The Hall–Kier alpha value is -7.52. The number of hydrogen-bond acceptors (Lipinski definition) is 13. The van der Waals surface area contributed by atoms with Crippen molar-refractivity contribution in [2.24, 2.45) is 49.6 Å². The van der Waals surface area contributed by atoms with Gasteiger partial charge in [-0.1, -0.05) is 24.3 Å². The van der Waals surface area contributed by atoms with Gasteiger partial charge in [0.05, 0.1) is 53.2 Å². The van der Waals surface area contributed by atoms with Crippen LogP contribution in [0.1, 0.15) is 107 Å². The predicted octanol–water partition coefficient (Wildman–Crippen LogP) is 9.02. The highest BCUT2D eigenvalue weighted by molar-refractivity contribution is 6.00. The fourth-order valence-electron chi connectivity index (χ4n) is 12.5. The number of likely N-dealkylation sites (tertiary alicyclic amines) is 1. The summed E-state index contributed by atoms with van der Waals surface area (Å²) in [5.41, 5.74) is 6.32. The standard InChI is InChI=1S/C34H41N7O6.C26H36N6O2.ClH/c1-38-32-27(20-36-38)21-40(30-5-3-2-4-29(30)37-32)33(43)26-10-6-24(7-11-26)19-35-31(42)18-23-14-16-39(17-15-23)34(44)47-22-25-8-12-28(13-9-25)41(45)46;1-31-25-21(16-29-31)17-32(23-5-3-2-4-22(23)30-25)26(34)20-8-6-19(7-9-20)15-28-24(33)14-18-10-12-27-13-11-18;/h2-5,8-9,12-13,20,23-24,26,37H,6-7,10-11,14-19,21-22H2,1H3,(H,35,42);2-5,16,18-20,27,30H,6-15,17H2,1H3,(H,28,33);1H. The number of nitrogens with one attached hydrogen (secondary N) is 5. The number of anilines is 6. The molecule has 6 aliphatic rings. The van der Waals surface area contributed by atoms with Crippen LogP contribution < -0.4 is 36.4 Å². The molecule has 4 aliphatic heterocycles. The lowest BCUT2D eigenvalue weighted by Gasteiger charge is -2.32. The van der Waals surface area contributed by atoms with E-state index in [4.69, 9.17) is 4.74 Å². The number of nitro groups is 1. The van der Waals surface area contributed by atoms with Crippen LogP contribution in [0, 0.1) is 45.6 Å². The third kappa shape index (κ3) is 14.6. The highest BCUT2D eigenvalue weighted by Gasteiger charge is 2.36. The first-order valence-electron chi connectivity index (χ1n) is 29.1. The molecule has 2 aromatic heterocycles. The summed E-state index contributed by atoms with van der Waals surface area (Å²) in [4.78, 5) is 81.0. The Balaban J connectivity index is 0.000000205. The Morgan fingerprint density at radius 3 is 1.52 bits per heavy atom. The minimum atomic E-state index is -0.470. The van der Waals surface area contributed by atoms with Gasteiger partial charge in [-0.15, -0.1) is 12.4 Å². The molecule has 5 N–H and O–H groups in total. The second-order valence-electron chi connectivity index (χ2n) is 23.0. The number of piperidine rings is 2. The summed E-state index contributed by atoms with van der Waals surface area (Å²) in [6.45, 7) is 5.49. The number of non-ortho nitro benzene ring substituents is 1. The first-order valence-corrected chi connectivity index (χ1v) is 29.1. The Labute approximate surface area is 485 Å². The molecule has 82 heavy (non-hydrogen) atoms. The number of halogens is 1. The van der Waals surface area contributed by atoms with Crippen molar-refractivity contribution in [3.63, 3.8) is 0 Å². The molecule has 438 valence electrons. The van der Waals surface area contributed by atoms with Crippen molar-refractivity contribution < 1.29 is 33.6 Å². The number of carbonyl (C=O) groups is 5. The average molecular weight is 1140 g/mol. The van der Waals surface area contributed by atoms with Gasteiger partial charge in [-0.05, 0) is 156 Å². The van der Waals surface area contributed by atoms with Gasteiger partial charge in [0.1, 0.15) is 18.2 Å². The van der Waals surface area contributed by atoms with Gasteiger partial charge in [0, 0.05) is 88.2 Å². The van der Waals surface area contributed by atoms with Crippen LogP contribution in [0.15, 0.2) is 85.2 Å². The highest BCUT2D eigenvalue weighted by Crippen LogP contribution is 2.41. The second-order valence-corrected chi connectivity index (χ2v) is 23.0. The van der Waals surface area contributed by atoms with E-state index in [-0.39, 0.29) is 66.1 Å². The van der Waals surface area contributed by atoms with E-state index in [1.165, 1.54) is 12.1 Å². The van der Waals surface area contributed by atoms with Crippen molar-refractivity contribution >= 4 is 82.2 Å². The van der Waals surface area contributed by atoms with Gasteiger partial charge in [0.15, 0.2) is 0 Å². The topological polar surface area (TPSA) is 243 Å². The summed E-state index contributed by atoms with van der Waals surface area (Å²) in [5.74, 6) is 3.88. The lowest BCUT2D eigenvalue weighted by atomic mass is 9.81. The second kappa shape index (κ2) is 27.5. The fraction of sp³-hybridized carbons (Fsp3) is 0.517. The summed E-state index contributed by atoms with van der Waals surface area (Å²) in [5, 5.41) is 36.1. The number of nitro benzene ring substituents is 1. The van der Waals surface area contributed by atoms with Crippen molar-refractivity contribution in [3.8, 4) is 0 Å². The van der Waals surface area contributed by atoms with E-state index in [1.807, 2.05) is 89.5 Å². The number of para-hydroxylation sites is 4. The molecule has 6 heterocycles. The van der Waals surface area contributed by atoms with Crippen molar-refractivity contribution in [2.75, 3.05) is 59.7 Å². The van der Waals surface area contributed by atoms with Gasteiger partial charge in [-0.2, -0.15) is 10.2 Å². The van der Waals surface area contributed by atoms with Crippen molar-refractivity contribution in [2.45, 2.75) is 110 Å². The maximum Gasteiger partial charge on any atom is 0.410 e. The highest BCUT2D eigenvalue weighted by atomic mass is 35.5. The molecule has 2 aliphatic carbocycles. The Morgan fingerprint density at radius 1 is 0.610 bits per heavy atom. The van der Waals surface area contributed by atoms with Crippen LogP contribution in [-0.2, 0) is 57.7 Å². The predicted molar refractivity (Wildman–Crippen MR) is 315 cm³/mol. The zero-order chi connectivity index (χ0) is 56.4. The minimum absolute atomic E-state index is 0. The monoisotopic (exact) mass is 1140 g/mol. The number of aryl methyl sites for hydroxylation is 2. The molecule has 5 aromatic rings. The summed E-state index contributed by atoms with van der Waals surface area (Å²) in [6.07, 6.45) is 15.0. The number of fused-ring (bicyclic) bond motifs is 4. The molecule has 21 nitrogen and oxygen atoms in total. The van der Waals surface area contributed by atoms with E-state index < -0.39 is 11.0 Å². The molecule has 22 heteroatoms. The average Bonchev–Trinajstić information content (AvgIpc) is 3.91. The number of hydrogen-bond donors (Lipinski definition) is 5. The quantitative estimate of drug-likeness (QED) is 0.0547. The van der Waals surface area contributed by atoms with Crippen LogP contribution in [0.4, 0.5) is 44.9 Å². The van der Waals surface area contributed by atoms with Gasteiger partial charge >= 0.3 is 6.09 Å². The van der Waals surface area contributed by atoms with E-state index in [9.17, 15) is 34.1 Å². The SMILES string of the molecule is Cl.Cn1ncc2c1Nc1ccccc1N(C(=O)C1CCC(CNC(=O)CC3CCN(C(=O)OCc4ccc([N+](=O)[O-])cc4)CC3)CC1)C2.Cn1ncc2c1Nc1ccccc1N(C(=O)C1CCC(CNC(=O)CC3CCNCC3)CC1)C2. The van der Waals surface area contributed by atoms with Crippen LogP contribution in [0.2, 0.25) is 0 Å². The fourth-order valence-corrected chi connectivity index (χ4v) is 12.5. The van der Waals surface area contributed by atoms with Gasteiger partial charge in [-0.25, -0.2) is 4.79 Å². The van der Waals surface area contributed by atoms with E-state index in [0.29, 0.717) is 68.9 Å². The van der Waals surface area contributed by atoms with E-state index in [2.05, 4.69) is 36.8 Å². The summed E-state index contributed by atoms with van der Waals surface area (Å²) >= 11 is 0. The molecule has 0 unspecified atom stereocenters. The van der Waals surface area contributed by atoms with E-state index in [1.54, 1.807) is 21.7 Å². The van der Waals surface area contributed by atoms with Crippen LogP contribution >= 0.6 is 12.4 Å². The molecule has 0 spiro atoms. The van der Waals surface area contributed by atoms with Crippen molar-refractivity contribution in [1.29, 1.82) is 0 Å². The van der Waals surface area contributed by atoms with Crippen LogP contribution in [-0.4, -0.2) is 98.4 Å². The van der Waals surface area contributed by atoms with Crippen molar-refractivity contribution in [3.05, 3.63) is 112 Å². The summed E-state index contributed by atoms with van der Waals surface area (Å²) in [7, 11) is 3.81. The Morgan fingerprint density at radius 2 is 1.06 bits per heavy atom. The number of ether oxygens (including phenoxy) is 1. The lowest BCUT2D eigenvalue weighted by molar-refractivity contribution is -0.384. The largest absolute Gasteiger partial charge is 0.445 e. The molecule has 0 bridgehead atoms. The lowest BCUT2D eigenvalue weighted by Crippen LogP contribution is -2.40. The number of carbonyl (C=O) groups excluding carboxylic acids is 5. The molecular formula is C60H78ClN13O8. The number of aromatic nitrogens is 4.